The number of hydrogen-bond donors (Lipinski definition) is 2. The zero-order chi connectivity index (χ0) is 34.0. The molecule has 46 heavy (non-hydrogen) atoms. The second-order valence-corrected chi connectivity index (χ2v) is 13.1. The highest BCUT2D eigenvalue weighted by Gasteiger charge is 2.35. The van der Waals surface area contributed by atoms with E-state index in [0.29, 0.717) is 25.8 Å². The first-order chi connectivity index (χ1) is 22.3. The number of unbranched alkanes of at least 4 members (excludes halogenated alkanes) is 15. The molecular formula is C36H67N5O5. The Morgan fingerprint density at radius 1 is 0.630 bits per heavy atom. The summed E-state index contributed by atoms with van der Waals surface area (Å²) in [7, 11) is 6.87. The van der Waals surface area contributed by atoms with Crippen LogP contribution in [0.1, 0.15) is 129 Å². The van der Waals surface area contributed by atoms with E-state index in [1.54, 1.807) is 7.05 Å². The standard InChI is InChI=1S/C36H67N5O5/c1-6-7-8-9-10-11-12-13-14-15-16-17-18-19-20-23-28-40(34(43)37-2)33(42)32-26-22-21-25-31(32)30-46-36(45)41(35(44)38-3)29-24-27-39(4)5/h21-22,31-32H,6-20,23-30H2,1-5H3,(H,37,43)(H,38,44). The van der Waals surface area contributed by atoms with E-state index in [4.69, 9.17) is 4.74 Å². The number of nitrogens with one attached hydrogen (secondary N) is 2. The van der Waals surface area contributed by atoms with E-state index >= 15 is 0 Å². The predicted octanol–water partition coefficient (Wildman–Crippen LogP) is 7.73. The minimum Gasteiger partial charge on any atom is -0.449 e. The van der Waals surface area contributed by atoms with Crippen LogP contribution >= 0.6 is 0 Å². The van der Waals surface area contributed by atoms with Gasteiger partial charge in [-0.25, -0.2) is 19.3 Å². The number of carbonyl (C=O) groups excluding carboxylic acids is 4. The van der Waals surface area contributed by atoms with Gasteiger partial charge in [-0.15, -0.1) is 0 Å². The van der Waals surface area contributed by atoms with Gasteiger partial charge in [-0.05, 0) is 46.3 Å². The first-order valence-corrected chi connectivity index (χ1v) is 18.3. The fourth-order valence-corrected chi connectivity index (χ4v) is 6.03. The van der Waals surface area contributed by atoms with Crippen LogP contribution in [-0.4, -0.2) is 93.2 Å². The van der Waals surface area contributed by atoms with Crippen LogP contribution in [0.25, 0.3) is 0 Å². The van der Waals surface area contributed by atoms with Gasteiger partial charge in [-0.3, -0.25) is 9.69 Å². The van der Waals surface area contributed by atoms with Crippen molar-refractivity contribution in [2.75, 3.05) is 54.4 Å². The largest absolute Gasteiger partial charge is 0.449 e. The van der Waals surface area contributed by atoms with Gasteiger partial charge in [0, 0.05) is 39.0 Å². The lowest BCUT2D eigenvalue weighted by atomic mass is 9.82. The van der Waals surface area contributed by atoms with Crippen LogP contribution < -0.4 is 10.6 Å². The molecule has 266 valence electrons. The average Bonchev–Trinajstić information content (AvgIpc) is 3.06. The van der Waals surface area contributed by atoms with E-state index in [2.05, 4.69) is 17.6 Å². The molecule has 0 aromatic carbocycles. The third-order valence-electron chi connectivity index (χ3n) is 8.93. The van der Waals surface area contributed by atoms with Crippen molar-refractivity contribution >= 4 is 24.1 Å². The van der Waals surface area contributed by atoms with Crippen molar-refractivity contribution in [2.24, 2.45) is 11.8 Å². The Balaban J connectivity index is 2.45. The van der Waals surface area contributed by atoms with Crippen molar-refractivity contribution in [3.8, 4) is 0 Å². The Hall–Kier alpha value is -2.62. The van der Waals surface area contributed by atoms with E-state index in [1.165, 1.54) is 95.4 Å². The second-order valence-electron chi connectivity index (χ2n) is 13.1. The topological polar surface area (TPSA) is 111 Å². The highest BCUT2D eigenvalue weighted by molar-refractivity contribution is 5.96. The third kappa shape index (κ3) is 17.9. The number of urea groups is 2. The van der Waals surface area contributed by atoms with Gasteiger partial charge in [-0.1, -0.05) is 115 Å². The predicted molar refractivity (Wildman–Crippen MR) is 187 cm³/mol. The minimum absolute atomic E-state index is 0.00138. The molecule has 0 saturated heterocycles. The maximum absolute atomic E-state index is 13.7. The lowest BCUT2D eigenvalue weighted by molar-refractivity contribution is -0.135. The number of amides is 6. The van der Waals surface area contributed by atoms with Crippen molar-refractivity contribution < 1.29 is 23.9 Å². The van der Waals surface area contributed by atoms with E-state index in [0.717, 1.165) is 30.7 Å². The number of allylic oxidation sites excluding steroid dienone is 2. The van der Waals surface area contributed by atoms with Crippen LogP contribution in [0.5, 0.6) is 0 Å². The Morgan fingerprint density at radius 3 is 1.59 bits per heavy atom. The summed E-state index contributed by atoms with van der Waals surface area (Å²) in [5.41, 5.74) is 0. The van der Waals surface area contributed by atoms with Crippen molar-refractivity contribution in [2.45, 2.75) is 129 Å². The monoisotopic (exact) mass is 650 g/mol. The molecule has 1 aliphatic rings. The van der Waals surface area contributed by atoms with Crippen molar-refractivity contribution in [1.82, 2.24) is 25.3 Å². The number of ether oxygens (including phenoxy) is 1. The molecule has 0 aromatic heterocycles. The van der Waals surface area contributed by atoms with E-state index in [-0.39, 0.29) is 25.0 Å². The van der Waals surface area contributed by atoms with Crippen LogP contribution in [0, 0.1) is 11.8 Å². The molecule has 10 nitrogen and oxygen atoms in total. The van der Waals surface area contributed by atoms with Gasteiger partial charge in [0.05, 0.1) is 6.61 Å². The molecule has 2 atom stereocenters. The number of nitrogens with zero attached hydrogens (tertiary/aromatic N) is 3. The molecule has 0 aliphatic heterocycles. The summed E-state index contributed by atoms with van der Waals surface area (Å²) in [6.45, 7) is 3.59. The Bertz CT molecular complexity index is 881. The Kier molecular flexibility index (Phi) is 23.8. The zero-order valence-electron chi connectivity index (χ0n) is 30.0. The highest BCUT2D eigenvalue weighted by atomic mass is 16.6. The molecule has 2 N–H and O–H groups in total. The molecule has 2 unspecified atom stereocenters. The van der Waals surface area contributed by atoms with E-state index < -0.39 is 24.1 Å². The smallest absolute Gasteiger partial charge is 0.417 e. The summed E-state index contributed by atoms with van der Waals surface area (Å²) in [6, 6.07) is -0.924. The summed E-state index contributed by atoms with van der Waals surface area (Å²) in [5.74, 6) is -0.981. The molecule has 1 aliphatic carbocycles. The lowest BCUT2D eigenvalue weighted by Gasteiger charge is -2.32. The first-order valence-electron chi connectivity index (χ1n) is 18.3. The molecule has 0 radical (unpaired) electrons. The van der Waals surface area contributed by atoms with E-state index in [1.807, 2.05) is 31.1 Å². The molecule has 6 amide bonds. The molecule has 0 spiro atoms. The zero-order valence-corrected chi connectivity index (χ0v) is 30.0. The molecular weight excluding hydrogens is 582 g/mol. The maximum Gasteiger partial charge on any atom is 0.417 e. The fraction of sp³-hybridized carbons (Fsp3) is 0.833. The van der Waals surface area contributed by atoms with E-state index in [9.17, 15) is 19.2 Å². The molecule has 1 rings (SSSR count). The average molecular weight is 650 g/mol. The molecule has 0 saturated carbocycles. The van der Waals surface area contributed by atoms with Crippen molar-refractivity contribution in [3.63, 3.8) is 0 Å². The van der Waals surface area contributed by atoms with Crippen LogP contribution in [-0.2, 0) is 9.53 Å². The molecule has 0 heterocycles. The number of carbonyl (C=O) groups is 4. The minimum atomic E-state index is -0.727. The Labute approximate surface area is 280 Å². The summed E-state index contributed by atoms with van der Waals surface area (Å²) in [6.07, 6.45) is 25.1. The normalized spacial score (nSPS) is 15.9. The van der Waals surface area contributed by atoms with Gasteiger partial charge in [-0.2, -0.15) is 0 Å². The van der Waals surface area contributed by atoms with Crippen LogP contribution in [0.15, 0.2) is 12.2 Å². The van der Waals surface area contributed by atoms with Crippen LogP contribution in [0.3, 0.4) is 0 Å². The van der Waals surface area contributed by atoms with Crippen molar-refractivity contribution in [1.29, 1.82) is 0 Å². The SMILES string of the molecule is CCCCCCCCCCCCCCCCCCN(C(=O)NC)C(=O)C1CC=CCC1COC(=O)N(CCCN(C)C)C(=O)NC. The van der Waals surface area contributed by atoms with Gasteiger partial charge < -0.3 is 20.3 Å². The third-order valence-corrected chi connectivity index (χ3v) is 8.93. The summed E-state index contributed by atoms with van der Waals surface area (Å²) >= 11 is 0. The molecule has 0 fully saturated rings. The summed E-state index contributed by atoms with van der Waals surface area (Å²) < 4.78 is 5.57. The molecule has 0 aromatic rings. The molecule has 0 bridgehead atoms. The van der Waals surface area contributed by atoms with Crippen molar-refractivity contribution in [3.05, 3.63) is 12.2 Å². The van der Waals surface area contributed by atoms with Gasteiger partial charge in [0.15, 0.2) is 0 Å². The van der Waals surface area contributed by atoms with Gasteiger partial charge >= 0.3 is 18.2 Å². The lowest BCUT2D eigenvalue weighted by Crippen LogP contribution is -2.48. The second kappa shape index (κ2) is 26.4. The Morgan fingerprint density at radius 2 is 1.09 bits per heavy atom. The van der Waals surface area contributed by atoms with Gasteiger partial charge in [0.1, 0.15) is 0 Å². The van der Waals surface area contributed by atoms with Gasteiger partial charge in [0.25, 0.3) is 0 Å². The highest BCUT2D eigenvalue weighted by Crippen LogP contribution is 2.28. The number of hydrogen-bond acceptors (Lipinski definition) is 6. The summed E-state index contributed by atoms with van der Waals surface area (Å²) in [5, 5.41) is 5.12. The van der Waals surface area contributed by atoms with Gasteiger partial charge in [0.2, 0.25) is 5.91 Å². The molecule has 10 heteroatoms. The number of rotatable bonds is 24. The van der Waals surface area contributed by atoms with Crippen LogP contribution in [0.4, 0.5) is 14.4 Å². The maximum atomic E-state index is 13.7. The number of imide groups is 2. The fourth-order valence-electron chi connectivity index (χ4n) is 6.03. The van der Waals surface area contributed by atoms with Crippen LogP contribution in [0.2, 0.25) is 0 Å². The quantitative estimate of drug-likeness (QED) is 0.0818. The summed E-state index contributed by atoms with van der Waals surface area (Å²) in [4.78, 5) is 55.9. The first kappa shape index (κ1) is 41.4.